The summed E-state index contributed by atoms with van der Waals surface area (Å²) in [5.41, 5.74) is 0. The van der Waals surface area contributed by atoms with Crippen LogP contribution >= 0.6 is 0 Å². The second-order valence-electron chi connectivity index (χ2n) is 2.40. The van der Waals surface area contributed by atoms with E-state index in [-0.39, 0.29) is 5.97 Å². The fourth-order valence-corrected chi connectivity index (χ4v) is 0.993. The van der Waals surface area contributed by atoms with Gasteiger partial charge in [-0.1, -0.05) is 13.8 Å². The van der Waals surface area contributed by atoms with Crippen molar-refractivity contribution in [3.8, 4) is 0 Å². The first kappa shape index (κ1) is 8.69. The summed E-state index contributed by atoms with van der Waals surface area (Å²) in [6.45, 7) is 5.98. The Bertz CT molecular complexity index is 91.1. The second kappa shape index (κ2) is 4.55. The summed E-state index contributed by atoms with van der Waals surface area (Å²) in [7, 11) is -0.526. The van der Waals surface area contributed by atoms with Gasteiger partial charge in [0.25, 0.3) is 5.97 Å². The van der Waals surface area contributed by atoms with Crippen LogP contribution in [-0.4, -0.2) is 15.7 Å². The average Bonchev–Trinajstić information content (AvgIpc) is 1.63. The topological polar surface area (TPSA) is 26.3 Å². The zero-order valence-corrected chi connectivity index (χ0v) is 7.72. The zero-order valence-electron chi connectivity index (χ0n) is 6.31. The summed E-state index contributed by atoms with van der Waals surface area (Å²) in [5.74, 6) is 0.400. The number of hydrogen-bond acceptors (Lipinski definition) is 2. The van der Waals surface area contributed by atoms with Crippen LogP contribution in [-0.2, 0) is 9.22 Å². The van der Waals surface area contributed by atoms with Crippen molar-refractivity contribution in [3.63, 3.8) is 0 Å². The summed E-state index contributed by atoms with van der Waals surface area (Å²) >= 11 is 0. The SMILES string of the molecule is C[SiH2]OC(=O)CC(C)C. The largest absolute Gasteiger partial charge is 0.525 e. The molecular formula is C6H14O2Si. The van der Waals surface area contributed by atoms with E-state index in [1.165, 1.54) is 0 Å². The Morgan fingerprint density at radius 2 is 2.22 bits per heavy atom. The molecule has 54 valence electrons. The van der Waals surface area contributed by atoms with Gasteiger partial charge in [-0.15, -0.1) is 0 Å². The number of rotatable bonds is 3. The maximum absolute atomic E-state index is 10.7. The molecule has 0 aliphatic rings. The Hall–Kier alpha value is -0.313. The number of carbonyl (C=O) groups excluding carboxylic acids is 1. The minimum Gasteiger partial charge on any atom is -0.525 e. The summed E-state index contributed by atoms with van der Waals surface area (Å²) in [6.07, 6.45) is 0.570. The molecule has 0 aromatic carbocycles. The second-order valence-corrected chi connectivity index (χ2v) is 3.27. The van der Waals surface area contributed by atoms with Crippen molar-refractivity contribution in [1.29, 1.82) is 0 Å². The van der Waals surface area contributed by atoms with Crippen LogP contribution in [0.25, 0.3) is 0 Å². The molecule has 0 amide bonds. The van der Waals surface area contributed by atoms with Gasteiger partial charge in [-0.25, -0.2) is 0 Å². The molecule has 3 heteroatoms. The Balaban J connectivity index is 3.27. The molecular weight excluding hydrogens is 132 g/mol. The van der Waals surface area contributed by atoms with Gasteiger partial charge < -0.3 is 4.43 Å². The van der Waals surface area contributed by atoms with Crippen molar-refractivity contribution >= 4 is 15.7 Å². The molecule has 0 radical (unpaired) electrons. The highest BCUT2D eigenvalue weighted by Crippen LogP contribution is 1.99. The standard InChI is InChI=1S/C6H14O2Si/c1-5(2)4-6(7)8-9-3/h5H,4,9H2,1-3H3. The Morgan fingerprint density at radius 1 is 1.67 bits per heavy atom. The van der Waals surface area contributed by atoms with Crippen LogP contribution in [0, 0.1) is 5.92 Å². The van der Waals surface area contributed by atoms with Crippen LogP contribution in [0.15, 0.2) is 0 Å². The van der Waals surface area contributed by atoms with Gasteiger partial charge in [0.15, 0.2) is 0 Å². The third-order valence-electron chi connectivity index (χ3n) is 0.880. The maximum Gasteiger partial charge on any atom is 0.292 e. The smallest absolute Gasteiger partial charge is 0.292 e. The fraction of sp³-hybridized carbons (Fsp3) is 0.833. The Labute approximate surface area is 58.5 Å². The van der Waals surface area contributed by atoms with Crippen molar-refractivity contribution < 1.29 is 9.22 Å². The van der Waals surface area contributed by atoms with Gasteiger partial charge in [-0.2, -0.15) is 0 Å². The van der Waals surface area contributed by atoms with E-state index >= 15 is 0 Å². The van der Waals surface area contributed by atoms with Crippen molar-refractivity contribution in [2.45, 2.75) is 26.8 Å². The molecule has 0 fully saturated rings. The molecule has 0 rings (SSSR count). The van der Waals surface area contributed by atoms with Crippen LogP contribution in [0.4, 0.5) is 0 Å². The zero-order chi connectivity index (χ0) is 7.28. The third-order valence-corrected chi connectivity index (χ3v) is 1.49. The van der Waals surface area contributed by atoms with Gasteiger partial charge in [0.2, 0.25) is 9.76 Å². The Morgan fingerprint density at radius 3 is 2.56 bits per heavy atom. The molecule has 0 aromatic rings. The van der Waals surface area contributed by atoms with Crippen LogP contribution in [0.2, 0.25) is 6.55 Å². The van der Waals surface area contributed by atoms with Crippen LogP contribution < -0.4 is 0 Å². The van der Waals surface area contributed by atoms with Crippen LogP contribution in [0.3, 0.4) is 0 Å². The molecule has 0 aromatic heterocycles. The molecule has 0 saturated carbocycles. The molecule has 2 nitrogen and oxygen atoms in total. The lowest BCUT2D eigenvalue weighted by Crippen LogP contribution is -2.08. The number of hydrogen-bond donors (Lipinski definition) is 0. The average molecular weight is 146 g/mol. The van der Waals surface area contributed by atoms with Crippen molar-refractivity contribution in [1.82, 2.24) is 0 Å². The maximum atomic E-state index is 10.7. The third kappa shape index (κ3) is 5.56. The van der Waals surface area contributed by atoms with Crippen LogP contribution in [0.1, 0.15) is 20.3 Å². The summed E-state index contributed by atoms with van der Waals surface area (Å²) in [4.78, 5) is 10.7. The number of carbonyl (C=O) groups is 1. The molecule has 0 bridgehead atoms. The summed E-state index contributed by atoms with van der Waals surface area (Å²) in [5, 5.41) is 0. The van der Waals surface area contributed by atoms with Gasteiger partial charge in [0.05, 0.1) is 0 Å². The highest BCUT2D eigenvalue weighted by Gasteiger charge is 2.02. The monoisotopic (exact) mass is 146 g/mol. The van der Waals surface area contributed by atoms with Crippen molar-refractivity contribution in [2.75, 3.05) is 0 Å². The molecule has 0 N–H and O–H groups in total. The van der Waals surface area contributed by atoms with E-state index in [1.54, 1.807) is 0 Å². The highest BCUT2D eigenvalue weighted by molar-refractivity contribution is 6.28. The normalized spacial score (nSPS) is 11.1. The van der Waals surface area contributed by atoms with Gasteiger partial charge in [0.1, 0.15) is 0 Å². The van der Waals surface area contributed by atoms with Gasteiger partial charge in [-0.3, -0.25) is 4.79 Å². The molecule has 0 aliphatic heterocycles. The molecule has 0 saturated heterocycles. The minimum atomic E-state index is -0.526. The summed E-state index contributed by atoms with van der Waals surface area (Å²) in [6, 6.07) is 0. The molecule has 0 unspecified atom stereocenters. The quantitative estimate of drug-likeness (QED) is 0.548. The van der Waals surface area contributed by atoms with E-state index in [0.717, 1.165) is 0 Å². The molecule has 9 heavy (non-hydrogen) atoms. The molecule has 0 heterocycles. The lowest BCUT2D eigenvalue weighted by molar-refractivity contribution is -0.135. The first-order valence-corrected chi connectivity index (χ1v) is 5.31. The molecule has 0 aliphatic carbocycles. The first-order chi connectivity index (χ1) is 4.16. The van der Waals surface area contributed by atoms with E-state index in [9.17, 15) is 4.79 Å². The lowest BCUT2D eigenvalue weighted by atomic mass is 10.1. The highest BCUT2D eigenvalue weighted by atomic mass is 28.2. The van der Waals surface area contributed by atoms with Crippen molar-refractivity contribution in [3.05, 3.63) is 0 Å². The van der Waals surface area contributed by atoms with Gasteiger partial charge in [0, 0.05) is 6.42 Å². The van der Waals surface area contributed by atoms with Gasteiger partial charge >= 0.3 is 0 Å². The summed E-state index contributed by atoms with van der Waals surface area (Å²) < 4.78 is 4.85. The van der Waals surface area contributed by atoms with Crippen LogP contribution in [0.5, 0.6) is 0 Å². The van der Waals surface area contributed by atoms with E-state index in [0.29, 0.717) is 12.3 Å². The van der Waals surface area contributed by atoms with Gasteiger partial charge in [-0.05, 0) is 12.5 Å². The predicted octanol–water partition coefficient (Wildman–Crippen LogP) is 0.708. The Kier molecular flexibility index (Phi) is 4.40. The van der Waals surface area contributed by atoms with E-state index in [4.69, 9.17) is 4.43 Å². The predicted molar refractivity (Wildman–Crippen MR) is 40.0 cm³/mol. The minimum absolute atomic E-state index is 0.0285. The molecule has 0 atom stereocenters. The first-order valence-electron chi connectivity index (χ1n) is 3.32. The molecule has 0 spiro atoms. The van der Waals surface area contributed by atoms with Crippen molar-refractivity contribution in [2.24, 2.45) is 5.92 Å². The van der Waals surface area contributed by atoms with E-state index in [2.05, 4.69) is 0 Å². The van der Waals surface area contributed by atoms with E-state index in [1.807, 2.05) is 20.4 Å². The fourth-order valence-electron chi connectivity index (χ4n) is 0.553. The van der Waals surface area contributed by atoms with E-state index < -0.39 is 9.76 Å². The lowest BCUT2D eigenvalue weighted by Gasteiger charge is -2.03.